The van der Waals surface area contributed by atoms with Gasteiger partial charge >= 0.3 is 0 Å². The van der Waals surface area contributed by atoms with E-state index in [0.29, 0.717) is 5.76 Å². The third-order valence-electron chi connectivity index (χ3n) is 3.02. The molecular formula is C14H23NO3. The molecule has 102 valence electrons. The molecule has 0 aliphatic carbocycles. The van der Waals surface area contributed by atoms with Crippen LogP contribution in [-0.2, 0) is 6.42 Å². The summed E-state index contributed by atoms with van der Waals surface area (Å²) in [5, 5.41) is 12.5. The summed E-state index contributed by atoms with van der Waals surface area (Å²) in [6, 6.07) is 1.73. The molecule has 0 radical (unpaired) electrons. The maximum Gasteiger partial charge on any atom is 0.287 e. The van der Waals surface area contributed by atoms with Gasteiger partial charge in [0.1, 0.15) is 5.76 Å². The predicted octanol–water partition coefficient (Wildman–Crippen LogP) is 2.29. The molecule has 0 saturated carbocycles. The van der Waals surface area contributed by atoms with Crippen LogP contribution in [0.4, 0.5) is 0 Å². The summed E-state index contributed by atoms with van der Waals surface area (Å²) in [5.41, 5.74) is 0.736. The minimum Gasteiger partial charge on any atom is -0.456 e. The first-order valence-electron chi connectivity index (χ1n) is 6.31. The molecule has 1 amide bonds. The number of amides is 1. The van der Waals surface area contributed by atoms with E-state index in [2.05, 4.69) is 5.32 Å². The van der Waals surface area contributed by atoms with E-state index < -0.39 is 6.10 Å². The molecule has 0 spiro atoms. The van der Waals surface area contributed by atoms with Gasteiger partial charge in [-0.25, -0.2) is 0 Å². The second-order valence-corrected chi connectivity index (χ2v) is 5.66. The predicted molar refractivity (Wildman–Crippen MR) is 70.6 cm³/mol. The summed E-state index contributed by atoms with van der Waals surface area (Å²) >= 11 is 0. The lowest BCUT2D eigenvalue weighted by molar-refractivity contribution is 0.0578. The molecule has 2 N–H and O–H groups in total. The van der Waals surface area contributed by atoms with E-state index in [4.69, 9.17) is 4.42 Å². The van der Waals surface area contributed by atoms with Crippen molar-refractivity contribution in [2.45, 2.75) is 47.1 Å². The van der Waals surface area contributed by atoms with Crippen molar-refractivity contribution >= 4 is 5.91 Å². The number of carbonyl (C=O) groups excluding carboxylic acids is 1. The van der Waals surface area contributed by atoms with Crippen molar-refractivity contribution in [2.24, 2.45) is 5.41 Å². The molecule has 1 aromatic heterocycles. The first-order chi connectivity index (χ1) is 8.25. The van der Waals surface area contributed by atoms with Gasteiger partial charge in [-0.15, -0.1) is 0 Å². The van der Waals surface area contributed by atoms with Gasteiger partial charge in [-0.1, -0.05) is 27.7 Å². The molecule has 0 aromatic carbocycles. The van der Waals surface area contributed by atoms with E-state index in [9.17, 15) is 9.90 Å². The van der Waals surface area contributed by atoms with Gasteiger partial charge in [-0.3, -0.25) is 4.79 Å². The van der Waals surface area contributed by atoms with Gasteiger partial charge in [0.25, 0.3) is 5.91 Å². The number of rotatable bonds is 4. The SMILES string of the molecule is CCc1oc(C(=O)NCC(O)C(C)(C)C)cc1C. The fourth-order valence-electron chi connectivity index (χ4n) is 1.57. The van der Waals surface area contributed by atoms with Crippen molar-refractivity contribution < 1.29 is 14.3 Å². The fraction of sp³-hybridized carbons (Fsp3) is 0.643. The zero-order valence-electron chi connectivity index (χ0n) is 11.8. The van der Waals surface area contributed by atoms with Crippen molar-refractivity contribution in [3.63, 3.8) is 0 Å². The third kappa shape index (κ3) is 3.60. The van der Waals surface area contributed by atoms with Crippen LogP contribution in [0.3, 0.4) is 0 Å². The Morgan fingerprint density at radius 3 is 2.56 bits per heavy atom. The van der Waals surface area contributed by atoms with E-state index in [0.717, 1.165) is 17.7 Å². The van der Waals surface area contributed by atoms with Crippen LogP contribution in [0.1, 0.15) is 49.6 Å². The summed E-state index contributed by atoms with van der Waals surface area (Å²) in [4.78, 5) is 11.8. The molecule has 0 bridgehead atoms. The van der Waals surface area contributed by atoms with Crippen LogP contribution in [-0.4, -0.2) is 23.7 Å². The summed E-state index contributed by atoms with van der Waals surface area (Å²) in [5.74, 6) is 0.864. The van der Waals surface area contributed by atoms with Crippen LogP contribution in [0, 0.1) is 12.3 Å². The molecule has 0 aliphatic heterocycles. The molecule has 0 aliphatic rings. The van der Waals surface area contributed by atoms with Gasteiger partial charge < -0.3 is 14.8 Å². The second kappa shape index (κ2) is 5.57. The summed E-state index contributed by atoms with van der Waals surface area (Å²) in [7, 11) is 0. The van der Waals surface area contributed by atoms with Gasteiger partial charge in [0, 0.05) is 13.0 Å². The molecule has 1 atom stereocenters. The second-order valence-electron chi connectivity index (χ2n) is 5.66. The van der Waals surface area contributed by atoms with E-state index in [1.807, 2.05) is 34.6 Å². The highest BCUT2D eigenvalue weighted by Crippen LogP contribution is 2.19. The van der Waals surface area contributed by atoms with Crippen LogP contribution in [0.2, 0.25) is 0 Å². The van der Waals surface area contributed by atoms with Crippen molar-refractivity contribution in [1.29, 1.82) is 0 Å². The zero-order chi connectivity index (χ0) is 13.9. The lowest BCUT2D eigenvalue weighted by atomic mass is 9.89. The number of nitrogens with one attached hydrogen (secondary N) is 1. The zero-order valence-corrected chi connectivity index (χ0v) is 11.8. The largest absolute Gasteiger partial charge is 0.456 e. The Labute approximate surface area is 108 Å². The molecule has 1 aromatic rings. The van der Waals surface area contributed by atoms with Gasteiger partial charge in [-0.05, 0) is 24.0 Å². The maximum absolute atomic E-state index is 11.8. The first-order valence-corrected chi connectivity index (χ1v) is 6.31. The molecule has 4 nitrogen and oxygen atoms in total. The van der Waals surface area contributed by atoms with Crippen LogP contribution in [0.5, 0.6) is 0 Å². The Hall–Kier alpha value is -1.29. The monoisotopic (exact) mass is 253 g/mol. The van der Waals surface area contributed by atoms with Crippen LogP contribution in [0.15, 0.2) is 10.5 Å². The highest BCUT2D eigenvalue weighted by molar-refractivity contribution is 5.91. The number of hydrogen-bond acceptors (Lipinski definition) is 3. The quantitative estimate of drug-likeness (QED) is 0.865. The molecule has 0 fully saturated rings. The van der Waals surface area contributed by atoms with Crippen molar-refractivity contribution in [3.05, 3.63) is 23.2 Å². The van der Waals surface area contributed by atoms with E-state index in [-0.39, 0.29) is 17.9 Å². The van der Waals surface area contributed by atoms with E-state index in [1.165, 1.54) is 0 Å². The van der Waals surface area contributed by atoms with Crippen LogP contribution < -0.4 is 5.32 Å². The highest BCUT2D eigenvalue weighted by Gasteiger charge is 2.23. The number of aliphatic hydroxyl groups excluding tert-OH is 1. The fourth-order valence-corrected chi connectivity index (χ4v) is 1.57. The van der Waals surface area contributed by atoms with Crippen molar-refractivity contribution in [1.82, 2.24) is 5.32 Å². The van der Waals surface area contributed by atoms with Crippen molar-refractivity contribution in [2.75, 3.05) is 6.54 Å². The molecule has 0 saturated heterocycles. The van der Waals surface area contributed by atoms with Gasteiger partial charge in [0.15, 0.2) is 5.76 Å². The number of aryl methyl sites for hydroxylation is 2. The van der Waals surface area contributed by atoms with E-state index >= 15 is 0 Å². The lowest BCUT2D eigenvalue weighted by Gasteiger charge is -2.25. The smallest absolute Gasteiger partial charge is 0.287 e. The minimum atomic E-state index is -0.580. The summed E-state index contributed by atoms with van der Waals surface area (Å²) in [6.45, 7) is 9.91. The van der Waals surface area contributed by atoms with E-state index in [1.54, 1.807) is 6.07 Å². The summed E-state index contributed by atoms with van der Waals surface area (Å²) in [6.07, 6.45) is 0.187. The highest BCUT2D eigenvalue weighted by atomic mass is 16.4. The Morgan fingerprint density at radius 2 is 2.11 bits per heavy atom. The average Bonchev–Trinajstić information content (AvgIpc) is 2.65. The van der Waals surface area contributed by atoms with Gasteiger partial charge in [0.2, 0.25) is 0 Å². The molecule has 18 heavy (non-hydrogen) atoms. The Morgan fingerprint density at radius 1 is 1.50 bits per heavy atom. The molecule has 1 rings (SSSR count). The Balaban J connectivity index is 2.60. The number of carbonyl (C=O) groups is 1. The molecule has 1 unspecified atom stereocenters. The topological polar surface area (TPSA) is 62.5 Å². The first kappa shape index (κ1) is 14.8. The molecule has 4 heteroatoms. The molecular weight excluding hydrogens is 230 g/mol. The van der Waals surface area contributed by atoms with Gasteiger partial charge in [-0.2, -0.15) is 0 Å². The maximum atomic E-state index is 11.8. The lowest BCUT2D eigenvalue weighted by Crippen LogP contribution is -2.39. The number of hydrogen-bond donors (Lipinski definition) is 2. The standard InChI is InChI=1S/C14H23NO3/c1-6-10-9(2)7-11(18-10)13(17)15-8-12(16)14(3,4)5/h7,12,16H,6,8H2,1-5H3,(H,15,17). The Kier molecular flexibility index (Phi) is 4.57. The van der Waals surface area contributed by atoms with Crippen LogP contribution in [0.25, 0.3) is 0 Å². The normalized spacial score (nSPS) is 13.4. The number of aliphatic hydroxyl groups is 1. The summed E-state index contributed by atoms with van der Waals surface area (Å²) < 4.78 is 5.45. The Bertz CT molecular complexity index is 415. The third-order valence-corrected chi connectivity index (χ3v) is 3.02. The van der Waals surface area contributed by atoms with Crippen molar-refractivity contribution in [3.8, 4) is 0 Å². The average molecular weight is 253 g/mol. The van der Waals surface area contributed by atoms with Gasteiger partial charge in [0.05, 0.1) is 6.10 Å². The number of furan rings is 1. The minimum absolute atomic E-state index is 0.226. The molecule has 1 heterocycles. The van der Waals surface area contributed by atoms with Crippen LogP contribution >= 0.6 is 0 Å².